The van der Waals surface area contributed by atoms with E-state index in [0.29, 0.717) is 0 Å². The molecule has 2 aliphatic heterocycles. The highest BCUT2D eigenvalue weighted by Gasteiger charge is 2.27. The molecule has 23 heavy (non-hydrogen) atoms. The monoisotopic (exact) mass is 304 g/mol. The first-order valence-electron chi connectivity index (χ1n) is 8.43. The lowest BCUT2D eigenvalue weighted by atomic mass is 9.98. The second kappa shape index (κ2) is 5.22. The van der Waals surface area contributed by atoms with E-state index in [4.69, 9.17) is 4.74 Å². The van der Waals surface area contributed by atoms with Gasteiger partial charge in [-0.1, -0.05) is 48.5 Å². The van der Waals surface area contributed by atoms with Crippen LogP contribution in [0.5, 0.6) is 0 Å². The van der Waals surface area contributed by atoms with Crippen molar-refractivity contribution >= 4 is 10.9 Å². The number of para-hydroxylation sites is 1. The average molecular weight is 304 g/mol. The summed E-state index contributed by atoms with van der Waals surface area (Å²) in [5.74, 6) is 0. The fourth-order valence-electron chi connectivity index (χ4n) is 4.18. The van der Waals surface area contributed by atoms with Gasteiger partial charge in [-0.3, -0.25) is 0 Å². The van der Waals surface area contributed by atoms with Crippen molar-refractivity contribution in [3.8, 4) is 0 Å². The minimum Gasteiger partial charge on any atom is -0.367 e. The fraction of sp³-hybridized carbons (Fsp3) is 0.300. The molecule has 0 saturated carbocycles. The van der Waals surface area contributed by atoms with Crippen LogP contribution in [0.25, 0.3) is 10.9 Å². The smallest absolute Gasteiger partial charge is 0.110 e. The van der Waals surface area contributed by atoms with Crippen LogP contribution in [0.1, 0.15) is 28.5 Å². The normalized spacial score (nSPS) is 20.3. The largest absolute Gasteiger partial charge is 0.367 e. The maximum Gasteiger partial charge on any atom is 0.110 e. The van der Waals surface area contributed by atoms with E-state index in [2.05, 4.69) is 58.4 Å². The second-order valence-corrected chi connectivity index (χ2v) is 6.41. The Morgan fingerprint density at radius 3 is 2.87 bits per heavy atom. The Hall–Kier alpha value is -2.10. The van der Waals surface area contributed by atoms with E-state index < -0.39 is 0 Å². The summed E-state index contributed by atoms with van der Waals surface area (Å²) in [6, 6.07) is 17.3. The molecule has 1 aromatic heterocycles. The van der Waals surface area contributed by atoms with Gasteiger partial charge in [0.2, 0.25) is 0 Å². The molecule has 116 valence electrons. The predicted octanol–water partition coefficient (Wildman–Crippen LogP) is 3.41. The summed E-state index contributed by atoms with van der Waals surface area (Å²) < 4.78 is 8.79. The number of fused-ring (bicyclic) bond motifs is 3. The van der Waals surface area contributed by atoms with Gasteiger partial charge in [0.05, 0.1) is 12.1 Å². The van der Waals surface area contributed by atoms with Gasteiger partial charge in [0.25, 0.3) is 0 Å². The second-order valence-electron chi connectivity index (χ2n) is 6.41. The molecule has 2 aromatic carbocycles. The summed E-state index contributed by atoms with van der Waals surface area (Å²) in [5.41, 5.74) is 6.92. The van der Waals surface area contributed by atoms with Gasteiger partial charge in [-0.15, -0.1) is 0 Å². The fourth-order valence-corrected chi connectivity index (χ4v) is 4.18. The van der Waals surface area contributed by atoms with Gasteiger partial charge < -0.3 is 14.6 Å². The topological polar surface area (TPSA) is 26.2 Å². The van der Waals surface area contributed by atoms with Gasteiger partial charge in [-0.2, -0.15) is 0 Å². The Kier molecular flexibility index (Phi) is 3.03. The van der Waals surface area contributed by atoms with Gasteiger partial charge in [0.15, 0.2) is 0 Å². The summed E-state index contributed by atoms with van der Waals surface area (Å²) in [4.78, 5) is 0. The number of nitrogens with zero attached hydrogens (tertiary/aromatic N) is 1. The van der Waals surface area contributed by atoms with Gasteiger partial charge in [-0.05, 0) is 11.1 Å². The van der Waals surface area contributed by atoms with Crippen molar-refractivity contribution in [2.24, 2.45) is 0 Å². The highest BCUT2D eigenvalue weighted by Crippen LogP contribution is 2.38. The Labute approximate surface area is 135 Å². The zero-order chi connectivity index (χ0) is 15.2. The van der Waals surface area contributed by atoms with Crippen molar-refractivity contribution < 1.29 is 4.74 Å². The van der Waals surface area contributed by atoms with Gasteiger partial charge >= 0.3 is 0 Å². The van der Waals surface area contributed by atoms with Crippen LogP contribution in [-0.4, -0.2) is 17.7 Å². The van der Waals surface area contributed by atoms with Crippen LogP contribution in [-0.2, 0) is 24.2 Å². The maximum absolute atomic E-state index is 6.27. The number of nitrogens with one attached hydrogen (secondary N) is 1. The van der Waals surface area contributed by atoms with Crippen LogP contribution in [0.3, 0.4) is 0 Å². The van der Waals surface area contributed by atoms with Crippen LogP contribution < -0.4 is 5.32 Å². The van der Waals surface area contributed by atoms with E-state index in [9.17, 15) is 0 Å². The minimum absolute atomic E-state index is 0.0328. The van der Waals surface area contributed by atoms with E-state index in [1.165, 1.54) is 33.3 Å². The number of benzene rings is 2. The molecule has 3 heterocycles. The molecule has 0 fully saturated rings. The molecule has 3 nitrogen and oxygen atoms in total. The molecule has 1 atom stereocenters. The van der Waals surface area contributed by atoms with Gasteiger partial charge in [-0.25, -0.2) is 0 Å². The SMILES string of the molecule is c1ccc(C2OCCn3c4c(c5cccc2c53)CNCC4)cc1. The molecule has 5 rings (SSSR count). The van der Waals surface area contributed by atoms with Gasteiger partial charge in [0.1, 0.15) is 6.10 Å². The first-order chi connectivity index (χ1) is 11.4. The first kappa shape index (κ1) is 13.3. The van der Waals surface area contributed by atoms with E-state index in [1.807, 2.05) is 0 Å². The van der Waals surface area contributed by atoms with E-state index >= 15 is 0 Å². The number of ether oxygens (including phenoxy) is 1. The lowest BCUT2D eigenvalue weighted by Crippen LogP contribution is -2.25. The zero-order valence-corrected chi connectivity index (χ0v) is 13.1. The van der Waals surface area contributed by atoms with Crippen LogP contribution >= 0.6 is 0 Å². The lowest BCUT2D eigenvalue weighted by molar-refractivity contribution is 0.0798. The highest BCUT2D eigenvalue weighted by molar-refractivity contribution is 5.89. The summed E-state index contributed by atoms with van der Waals surface area (Å²) in [6.45, 7) is 3.77. The van der Waals surface area contributed by atoms with Crippen LogP contribution in [0.2, 0.25) is 0 Å². The Morgan fingerprint density at radius 1 is 1.04 bits per heavy atom. The van der Waals surface area contributed by atoms with Crippen molar-refractivity contribution in [1.29, 1.82) is 0 Å². The van der Waals surface area contributed by atoms with Crippen molar-refractivity contribution in [1.82, 2.24) is 9.88 Å². The number of rotatable bonds is 1. The molecular weight excluding hydrogens is 284 g/mol. The van der Waals surface area contributed by atoms with Crippen LogP contribution in [0, 0.1) is 0 Å². The van der Waals surface area contributed by atoms with Crippen molar-refractivity contribution in [3.63, 3.8) is 0 Å². The third kappa shape index (κ3) is 1.97. The number of aromatic nitrogens is 1. The molecule has 0 spiro atoms. The van der Waals surface area contributed by atoms with Crippen LogP contribution in [0.15, 0.2) is 48.5 Å². The first-order valence-corrected chi connectivity index (χ1v) is 8.43. The number of hydrogen-bond donors (Lipinski definition) is 1. The predicted molar refractivity (Wildman–Crippen MR) is 91.6 cm³/mol. The third-order valence-electron chi connectivity index (χ3n) is 5.16. The van der Waals surface area contributed by atoms with Crippen molar-refractivity contribution in [3.05, 3.63) is 70.9 Å². The summed E-state index contributed by atoms with van der Waals surface area (Å²) in [7, 11) is 0. The molecule has 0 aliphatic carbocycles. The third-order valence-corrected chi connectivity index (χ3v) is 5.16. The molecule has 1 unspecified atom stereocenters. The van der Waals surface area contributed by atoms with Crippen molar-refractivity contribution in [2.75, 3.05) is 13.2 Å². The molecule has 3 heteroatoms. The van der Waals surface area contributed by atoms with E-state index in [-0.39, 0.29) is 6.10 Å². The maximum atomic E-state index is 6.27. The van der Waals surface area contributed by atoms with E-state index in [1.54, 1.807) is 0 Å². The molecule has 0 radical (unpaired) electrons. The van der Waals surface area contributed by atoms with Gasteiger partial charge in [0, 0.05) is 42.7 Å². The van der Waals surface area contributed by atoms with Crippen molar-refractivity contribution in [2.45, 2.75) is 25.6 Å². The molecule has 0 saturated heterocycles. The molecule has 0 amide bonds. The zero-order valence-electron chi connectivity index (χ0n) is 13.1. The molecule has 0 bridgehead atoms. The minimum atomic E-state index is 0.0328. The number of hydrogen-bond acceptors (Lipinski definition) is 2. The Bertz CT molecular complexity index is 866. The summed E-state index contributed by atoms with van der Waals surface area (Å²) >= 11 is 0. The average Bonchev–Trinajstić information content (AvgIpc) is 2.81. The molecule has 3 aromatic rings. The molecule has 2 aliphatic rings. The Morgan fingerprint density at radius 2 is 1.96 bits per heavy atom. The Balaban J connectivity index is 1.79. The molecular formula is C20H20N2O. The molecule has 1 N–H and O–H groups in total. The highest BCUT2D eigenvalue weighted by atomic mass is 16.5. The van der Waals surface area contributed by atoms with Crippen LogP contribution in [0.4, 0.5) is 0 Å². The lowest BCUT2D eigenvalue weighted by Gasteiger charge is -2.18. The summed E-state index contributed by atoms with van der Waals surface area (Å²) in [6.07, 6.45) is 1.14. The standard InChI is InChI=1S/C20H20N2O/c1-2-5-14(6-3-1)20-16-8-4-7-15-17-13-21-10-9-18(17)22(19(15)16)11-12-23-20/h1-8,20-21H,9-13H2. The quantitative estimate of drug-likeness (QED) is 0.745. The van der Waals surface area contributed by atoms with E-state index in [0.717, 1.165) is 32.7 Å². The summed E-state index contributed by atoms with van der Waals surface area (Å²) in [5, 5.41) is 4.92.